The van der Waals surface area contributed by atoms with Crippen LogP contribution in [-0.4, -0.2) is 23.8 Å². The fraction of sp³-hybridized carbons (Fsp3) is 0.316. The van der Waals surface area contributed by atoms with E-state index in [9.17, 15) is 14.4 Å². The number of thiophene rings is 1. The van der Waals surface area contributed by atoms with Crippen LogP contribution in [0.3, 0.4) is 0 Å². The SMILES string of the molecule is CCc1ccc(NC(=O)[C@@H](C)OC(=O)CCC(=O)c2cccs2)cc1. The molecule has 0 aliphatic carbocycles. The predicted molar refractivity (Wildman–Crippen MR) is 97.9 cm³/mol. The van der Waals surface area contributed by atoms with Crippen LogP contribution in [-0.2, 0) is 20.7 Å². The molecule has 1 aromatic carbocycles. The molecule has 1 atom stereocenters. The van der Waals surface area contributed by atoms with E-state index in [1.807, 2.05) is 29.6 Å². The van der Waals surface area contributed by atoms with Gasteiger partial charge in [-0.15, -0.1) is 11.3 Å². The van der Waals surface area contributed by atoms with Gasteiger partial charge in [0.1, 0.15) is 0 Å². The average Bonchev–Trinajstić information content (AvgIpc) is 3.15. The number of hydrogen-bond acceptors (Lipinski definition) is 5. The molecular weight excluding hydrogens is 338 g/mol. The lowest BCUT2D eigenvalue weighted by Gasteiger charge is -2.13. The molecule has 25 heavy (non-hydrogen) atoms. The van der Waals surface area contributed by atoms with Gasteiger partial charge in [0.2, 0.25) is 0 Å². The van der Waals surface area contributed by atoms with Crippen molar-refractivity contribution >= 4 is 34.7 Å². The summed E-state index contributed by atoms with van der Waals surface area (Å²) in [5, 5.41) is 4.51. The molecule has 6 heteroatoms. The van der Waals surface area contributed by atoms with Crippen molar-refractivity contribution in [1.82, 2.24) is 0 Å². The zero-order valence-electron chi connectivity index (χ0n) is 14.3. The quantitative estimate of drug-likeness (QED) is 0.574. The Balaban J connectivity index is 1.77. The van der Waals surface area contributed by atoms with Gasteiger partial charge in [-0.3, -0.25) is 14.4 Å². The molecule has 132 valence electrons. The van der Waals surface area contributed by atoms with E-state index in [1.165, 1.54) is 23.8 Å². The standard InChI is InChI=1S/C19H21NO4S/c1-3-14-6-8-15(9-7-14)20-19(23)13(2)24-18(22)11-10-16(21)17-5-4-12-25-17/h4-9,12-13H,3,10-11H2,1-2H3,(H,20,23)/t13-/m1/s1. The minimum Gasteiger partial charge on any atom is -0.453 e. The molecule has 0 radical (unpaired) electrons. The van der Waals surface area contributed by atoms with E-state index < -0.39 is 18.0 Å². The molecule has 2 rings (SSSR count). The van der Waals surface area contributed by atoms with Crippen molar-refractivity contribution in [1.29, 1.82) is 0 Å². The lowest BCUT2D eigenvalue weighted by atomic mass is 10.1. The molecule has 5 nitrogen and oxygen atoms in total. The summed E-state index contributed by atoms with van der Waals surface area (Å²) in [7, 11) is 0. The molecule has 0 unspecified atom stereocenters. The Morgan fingerprint density at radius 3 is 2.44 bits per heavy atom. The van der Waals surface area contributed by atoms with Crippen molar-refractivity contribution in [2.24, 2.45) is 0 Å². The number of benzene rings is 1. The summed E-state index contributed by atoms with van der Waals surface area (Å²) in [5.74, 6) is -1.06. The van der Waals surface area contributed by atoms with Gasteiger partial charge >= 0.3 is 5.97 Å². The first kappa shape index (κ1) is 18.9. The Bertz CT molecular complexity index is 722. The molecule has 0 aliphatic rings. The molecule has 0 aliphatic heterocycles. The Morgan fingerprint density at radius 2 is 1.84 bits per heavy atom. The number of ketones is 1. The van der Waals surface area contributed by atoms with Gasteiger partial charge in [-0.2, -0.15) is 0 Å². The van der Waals surface area contributed by atoms with Crippen molar-refractivity contribution in [2.75, 3.05) is 5.32 Å². The maximum absolute atomic E-state index is 12.1. The van der Waals surface area contributed by atoms with Gasteiger partial charge in [-0.25, -0.2) is 0 Å². The third kappa shape index (κ3) is 5.83. The normalized spacial score (nSPS) is 11.6. The Morgan fingerprint density at radius 1 is 1.12 bits per heavy atom. The number of aryl methyl sites for hydroxylation is 1. The van der Waals surface area contributed by atoms with E-state index >= 15 is 0 Å². The Labute approximate surface area is 151 Å². The molecule has 1 heterocycles. The molecule has 1 amide bonds. The van der Waals surface area contributed by atoms with E-state index in [-0.39, 0.29) is 18.6 Å². The molecule has 1 N–H and O–H groups in total. The van der Waals surface area contributed by atoms with Crippen molar-refractivity contribution in [3.8, 4) is 0 Å². The Kier molecular flexibility index (Phi) is 6.89. The molecule has 0 saturated heterocycles. The summed E-state index contributed by atoms with van der Waals surface area (Å²) >= 11 is 1.34. The smallest absolute Gasteiger partial charge is 0.307 e. The molecule has 0 bridgehead atoms. The first-order valence-electron chi connectivity index (χ1n) is 8.15. The second kappa shape index (κ2) is 9.13. The first-order chi connectivity index (χ1) is 12.0. The van der Waals surface area contributed by atoms with Crippen molar-refractivity contribution in [2.45, 2.75) is 39.2 Å². The van der Waals surface area contributed by atoms with Crippen LogP contribution in [0.25, 0.3) is 0 Å². The average molecular weight is 359 g/mol. The highest BCUT2D eigenvalue weighted by Crippen LogP contribution is 2.14. The minimum absolute atomic E-state index is 0.0421. The number of amides is 1. The van der Waals surface area contributed by atoms with Crippen molar-refractivity contribution in [3.63, 3.8) is 0 Å². The van der Waals surface area contributed by atoms with Gasteiger partial charge in [-0.05, 0) is 42.5 Å². The van der Waals surface area contributed by atoms with Crippen LogP contribution < -0.4 is 5.32 Å². The van der Waals surface area contributed by atoms with Gasteiger partial charge < -0.3 is 10.1 Å². The van der Waals surface area contributed by atoms with Gasteiger partial charge in [0.25, 0.3) is 5.91 Å². The van der Waals surface area contributed by atoms with Gasteiger partial charge in [0, 0.05) is 12.1 Å². The number of carbonyl (C=O) groups excluding carboxylic acids is 3. The van der Waals surface area contributed by atoms with Gasteiger partial charge in [0.15, 0.2) is 11.9 Å². The van der Waals surface area contributed by atoms with Crippen LogP contribution in [0.2, 0.25) is 0 Å². The van der Waals surface area contributed by atoms with Crippen LogP contribution in [0, 0.1) is 0 Å². The monoisotopic (exact) mass is 359 g/mol. The summed E-state index contributed by atoms with van der Waals surface area (Å²) in [4.78, 5) is 36.4. The molecule has 0 fully saturated rings. The molecular formula is C19H21NO4S. The highest BCUT2D eigenvalue weighted by Gasteiger charge is 2.19. The minimum atomic E-state index is -0.921. The highest BCUT2D eigenvalue weighted by atomic mass is 32.1. The number of anilines is 1. The van der Waals surface area contributed by atoms with Crippen LogP contribution in [0.4, 0.5) is 5.69 Å². The first-order valence-corrected chi connectivity index (χ1v) is 9.03. The Hall–Kier alpha value is -2.47. The van der Waals surface area contributed by atoms with Crippen LogP contribution >= 0.6 is 11.3 Å². The van der Waals surface area contributed by atoms with Gasteiger partial charge in [0.05, 0.1) is 11.3 Å². The fourth-order valence-electron chi connectivity index (χ4n) is 2.15. The van der Waals surface area contributed by atoms with Gasteiger partial charge in [-0.1, -0.05) is 25.1 Å². The molecule has 0 spiro atoms. The van der Waals surface area contributed by atoms with E-state index in [0.29, 0.717) is 10.6 Å². The maximum atomic E-state index is 12.1. The summed E-state index contributed by atoms with van der Waals surface area (Å²) < 4.78 is 5.10. The fourth-order valence-corrected chi connectivity index (χ4v) is 2.85. The lowest BCUT2D eigenvalue weighted by molar-refractivity contribution is -0.153. The molecule has 1 aromatic heterocycles. The number of esters is 1. The largest absolute Gasteiger partial charge is 0.453 e. The number of rotatable bonds is 8. The van der Waals surface area contributed by atoms with Crippen molar-refractivity contribution < 1.29 is 19.1 Å². The van der Waals surface area contributed by atoms with Crippen LogP contribution in [0.15, 0.2) is 41.8 Å². The predicted octanol–water partition coefficient (Wildman–Crippen LogP) is 3.84. The lowest BCUT2D eigenvalue weighted by Crippen LogP contribution is -2.30. The molecule has 2 aromatic rings. The highest BCUT2D eigenvalue weighted by molar-refractivity contribution is 7.12. The molecule has 0 saturated carbocycles. The number of ether oxygens (including phenoxy) is 1. The zero-order chi connectivity index (χ0) is 18.2. The maximum Gasteiger partial charge on any atom is 0.307 e. The number of carbonyl (C=O) groups is 3. The van der Waals surface area contributed by atoms with E-state index in [0.717, 1.165) is 6.42 Å². The number of hydrogen-bond donors (Lipinski definition) is 1. The topological polar surface area (TPSA) is 72.5 Å². The number of nitrogens with one attached hydrogen (secondary N) is 1. The number of Topliss-reactive ketones (excluding diaryl/α,β-unsaturated/α-hetero) is 1. The van der Waals surface area contributed by atoms with E-state index in [4.69, 9.17) is 4.74 Å². The zero-order valence-corrected chi connectivity index (χ0v) is 15.1. The second-order valence-electron chi connectivity index (χ2n) is 5.57. The van der Waals surface area contributed by atoms with E-state index in [1.54, 1.807) is 12.1 Å². The van der Waals surface area contributed by atoms with Crippen molar-refractivity contribution in [3.05, 3.63) is 52.2 Å². The third-order valence-electron chi connectivity index (χ3n) is 3.66. The second-order valence-corrected chi connectivity index (χ2v) is 6.52. The summed E-state index contributed by atoms with van der Waals surface area (Å²) in [6, 6.07) is 11.0. The summed E-state index contributed by atoms with van der Waals surface area (Å²) in [6.07, 6.45) is 0.0354. The van der Waals surface area contributed by atoms with Crippen LogP contribution in [0.5, 0.6) is 0 Å². The van der Waals surface area contributed by atoms with Crippen LogP contribution in [0.1, 0.15) is 41.9 Å². The summed E-state index contributed by atoms with van der Waals surface area (Å²) in [5.41, 5.74) is 1.82. The summed E-state index contributed by atoms with van der Waals surface area (Å²) in [6.45, 7) is 3.56. The third-order valence-corrected chi connectivity index (χ3v) is 4.57. The van der Waals surface area contributed by atoms with E-state index in [2.05, 4.69) is 12.2 Å².